The van der Waals surface area contributed by atoms with Gasteiger partial charge in [-0.2, -0.15) is 0 Å². The van der Waals surface area contributed by atoms with E-state index in [4.69, 9.17) is 4.74 Å². The molecule has 0 radical (unpaired) electrons. The summed E-state index contributed by atoms with van der Waals surface area (Å²) in [4.78, 5) is 11.2. The fraction of sp³-hybridized carbons (Fsp3) is 0.308. The van der Waals surface area contributed by atoms with E-state index in [0.29, 0.717) is 5.16 Å². The average Bonchev–Trinajstić information content (AvgIpc) is 2.85. The molecule has 0 N–H and O–H groups in total. The van der Waals surface area contributed by atoms with E-state index in [1.54, 1.807) is 7.11 Å². The molecule has 0 aliphatic carbocycles. The molecule has 0 aliphatic rings. The first-order valence-electron chi connectivity index (χ1n) is 5.91. The highest BCUT2D eigenvalue weighted by Crippen LogP contribution is 2.23. The Hall–Kier alpha value is -2.02. The van der Waals surface area contributed by atoms with E-state index in [1.165, 1.54) is 18.9 Å². The van der Waals surface area contributed by atoms with Crippen LogP contribution in [0.3, 0.4) is 0 Å². The second-order valence-electron chi connectivity index (χ2n) is 3.93. The molecular weight excluding hydrogens is 278 g/mol. The summed E-state index contributed by atoms with van der Waals surface area (Å²) >= 11 is 1.29. The highest BCUT2D eigenvalue weighted by atomic mass is 32.2. The summed E-state index contributed by atoms with van der Waals surface area (Å²) in [5.41, 5.74) is 0.917. The molecule has 7 heteroatoms. The minimum absolute atomic E-state index is 0.199. The molecule has 20 heavy (non-hydrogen) atoms. The Labute approximate surface area is 121 Å². The van der Waals surface area contributed by atoms with Gasteiger partial charge in [0, 0.05) is 5.69 Å². The molecule has 0 spiro atoms. The van der Waals surface area contributed by atoms with Gasteiger partial charge in [0.2, 0.25) is 0 Å². The largest absolute Gasteiger partial charge is 0.497 e. The standard InChI is InChI=1S/C13H15N3O3S/c1-9-14-15-13(20-8-12(17)19-3)16(9)10-4-6-11(18-2)7-5-10/h4-7H,8H2,1-3H3. The van der Waals surface area contributed by atoms with Crippen molar-refractivity contribution < 1.29 is 14.3 Å². The van der Waals surface area contributed by atoms with Crippen LogP contribution in [0.5, 0.6) is 5.75 Å². The van der Waals surface area contributed by atoms with Crippen LogP contribution in [0.4, 0.5) is 0 Å². The van der Waals surface area contributed by atoms with Gasteiger partial charge < -0.3 is 9.47 Å². The zero-order valence-electron chi connectivity index (χ0n) is 11.5. The topological polar surface area (TPSA) is 66.2 Å². The van der Waals surface area contributed by atoms with E-state index in [0.717, 1.165) is 17.3 Å². The zero-order chi connectivity index (χ0) is 14.5. The minimum atomic E-state index is -0.295. The monoisotopic (exact) mass is 293 g/mol. The summed E-state index contributed by atoms with van der Waals surface area (Å²) < 4.78 is 11.6. The number of esters is 1. The van der Waals surface area contributed by atoms with E-state index in [-0.39, 0.29) is 11.7 Å². The van der Waals surface area contributed by atoms with Crippen LogP contribution in [0.25, 0.3) is 5.69 Å². The van der Waals surface area contributed by atoms with Gasteiger partial charge in [0.05, 0.1) is 20.0 Å². The molecule has 2 aromatic rings. The number of nitrogens with zero attached hydrogens (tertiary/aromatic N) is 3. The number of carbonyl (C=O) groups is 1. The van der Waals surface area contributed by atoms with Crippen molar-refractivity contribution in [3.63, 3.8) is 0 Å². The summed E-state index contributed by atoms with van der Waals surface area (Å²) in [6.45, 7) is 1.86. The van der Waals surface area contributed by atoms with Gasteiger partial charge in [-0.25, -0.2) is 0 Å². The van der Waals surface area contributed by atoms with Crippen LogP contribution in [0.15, 0.2) is 29.4 Å². The summed E-state index contributed by atoms with van der Waals surface area (Å²) in [5.74, 6) is 1.44. The number of hydrogen-bond donors (Lipinski definition) is 0. The molecule has 0 aliphatic heterocycles. The van der Waals surface area contributed by atoms with Crippen molar-refractivity contribution >= 4 is 17.7 Å². The molecule has 0 saturated heterocycles. The lowest BCUT2D eigenvalue weighted by molar-refractivity contribution is -0.137. The van der Waals surface area contributed by atoms with Gasteiger partial charge in [-0.15, -0.1) is 10.2 Å². The molecule has 0 atom stereocenters. The maximum atomic E-state index is 11.2. The van der Waals surface area contributed by atoms with Crippen molar-refractivity contribution in [2.24, 2.45) is 0 Å². The van der Waals surface area contributed by atoms with Gasteiger partial charge in [0.15, 0.2) is 5.16 Å². The lowest BCUT2D eigenvalue weighted by Crippen LogP contribution is -2.05. The second kappa shape index (κ2) is 6.42. The van der Waals surface area contributed by atoms with E-state index in [9.17, 15) is 4.79 Å². The molecular formula is C13H15N3O3S. The fourth-order valence-electron chi connectivity index (χ4n) is 1.65. The van der Waals surface area contributed by atoms with Gasteiger partial charge in [-0.1, -0.05) is 11.8 Å². The van der Waals surface area contributed by atoms with Crippen LogP contribution in [-0.4, -0.2) is 40.7 Å². The smallest absolute Gasteiger partial charge is 0.316 e. The van der Waals surface area contributed by atoms with Gasteiger partial charge >= 0.3 is 5.97 Å². The van der Waals surface area contributed by atoms with Crippen LogP contribution >= 0.6 is 11.8 Å². The number of rotatable bonds is 5. The third-order valence-corrected chi connectivity index (χ3v) is 3.58. The minimum Gasteiger partial charge on any atom is -0.497 e. The fourth-order valence-corrected chi connectivity index (χ4v) is 2.48. The van der Waals surface area contributed by atoms with Crippen molar-refractivity contribution in [1.82, 2.24) is 14.8 Å². The van der Waals surface area contributed by atoms with Gasteiger partial charge in [0.25, 0.3) is 0 Å². The predicted octanol–water partition coefficient (Wildman–Crippen LogP) is 1.85. The Bertz CT molecular complexity index is 595. The lowest BCUT2D eigenvalue weighted by atomic mass is 10.3. The Kier molecular flexibility index (Phi) is 4.62. The molecule has 0 fully saturated rings. The lowest BCUT2D eigenvalue weighted by Gasteiger charge is -2.08. The second-order valence-corrected chi connectivity index (χ2v) is 4.87. The van der Waals surface area contributed by atoms with E-state index in [2.05, 4.69) is 14.9 Å². The molecule has 0 saturated carbocycles. The molecule has 106 valence electrons. The third-order valence-electron chi connectivity index (χ3n) is 2.67. The molecule has 1 aromatic carbocycles. The van der Waals surface area contributed by atoms with Crippen molar-refractivity contribution in [3.05, 3.63) is 30.1 Å². The highest BCUT2D eigenvalue weighted by Gasteiger charge is 2.13. The normalized spacial score (nSPS) is 10.3. The van der Waals surface area contributed by atoms with Crippen molar-refractivity contribution in [3.8, 4) is 11.4 Å². The number of carbonyl (C=O) groups excluding carboxylic acids is 1. The third kappa shape index (κ3) is 3.11. The molecule has 2 rings (SSSR count). The van der Waals surface area contributed by atoms with Gasteiger partial charge in [-0.05, 0) is 31.2 Å². The zero-order valence-corrected chi connectivity index (χ0v) is 12.3. The number of thioether (sulfide) groups is 1. The number of benzene rings is 1. The van der Waals surface area contributed by atoms with Crippen LogP contribution in [0.1, 0.15) is 5.82 Å². The number of aromatic nitrogens is 3. The number of ether oxygens (including phenoxy) is 2. The molecule has 1 aromatic heterocycles. The van der Waals surface area contributed by atoms with E-state index in [1.807, 2.05) is 35.8 Å². The van der Waals surface area contributed by atoms with Crippen LogP contribution in [0.2, 0.25) is 0 Å². The van der Waals surface area contributed by atoms with Gasteiger partial charge in [0.1, 0.15) is 11.6 Å². The number of methoxy groups -OCH3 is 2. The summed E-state index contributed by atoms with van der Waals surface area (Å²) in [7, 11) is 2.99. The average molecular weight is 293 g/mol. The SMILES string of the molecule is COC(=O)CSc1nnc(C)n1-c1ccc(OC)cc1. The summed E-state index contributed by atoms with van der Waals surface area (Å²) in [6.07, 6.45) is 0. The quantitative estimate of drug-likeness (QED) is 0.619. The molecule has 0 amide bonds. The van der Waals surface area contributed by atoms with Crippen LogP contribution in [-0.2, 0) is 9.53 Å². The maximum Gasteiger partial charge on any atom is 0.316 e. The van der Waals surface area contributed by atoms with Crippen molar-refractivity contribution in [1.29, 1.82) is 0 Å². The summed E-state index contributed by atoms with van der Waals surface area (Å²) in [5, 5.41) is 8.78. The maximum absolute atomic E-state index is 11.2. The number of aryl methyl sites for hydroxylation is 1. The Balaban J connectivity index is 2.25. The van der Waals surface area contributed by atoms with Crippen molar-refractivity contribution in [2.45, 2.75) is 12.1 Å². The first-order chi connectivity index (χ1) is 9.65. The molecule has 0 bridgehead atoms. The van der Waals surface area contributed by atoms with E-state index >= 15 is 0 Å². The molecule has 1 heterocycles. The molecule has 0 unspecified atom stereocenters. The Morgan fingerprint density at radius 1 is 1.25 bits per heavy atom. The highest BCUT2D eigenvalue weighted by molar-refractivity contribution is 7.99. The van der Waals surface area contributed by atoms with E-state index < -0.39 is 0 Å². The Morgan fingerprint density at radius 3 is 2.55 bits per heavy atom. The molecule has 6 nitrogen and oxygen atoms in total. The Morgan fingerprint density at radius 2 is 1.95 bits per heavy atom. The first-order valence-corrected chi connectivity index (χ1v) is 6.90. The van der Waals surface area contributed by atoms with Crippen LogP contribution in [0, 0.1) is 6.92 Å². The van der Waals surface area contributed by atoms with Crippen LogP contribution < -0.4 is 4.74 Å². The first kappa shape index (κ1) is 14.4. The number of hydrogen-bond acceptors (Lipinski definition) is 6. The van der Waals surface area contributed by atoms with Crippen molar-refractivity contribution in [2.75, 3.05) is 20.0 Å². The summed E-state index contributed by atoms with van der Waals surface area (Å²) in [6, 6.07) is 7.56. The predicted molar refractivity (Wildman–Crippen MR) is 75.4 cm³/mol. The van der Waals surface area contributed by atoms with Gasteiger partial charge in [-0.3, -0.25) is 9.36 Å².